The lowest BCUT2D eigenvalue weighted by Crippen LogP contribution is -2.52. The summed E-state index contributed by atoms with van der Waals surface area (Å²) in [7, 11) is -3.50. The fourth-order valence-electron chi connectivity index (χ4n) is 4.47. The van der Waals surface area contributed by atoms with Crippen molar-refractivity contribution in [3.63, 3.8) is 0 Å². The number of fused-ring (bicyclic) bond motifs is 1. The third kappa shape index (κ3) is 3.24. The Hall–Kier alpha value is -1.21. The van der Waals surface area contributed by atoms with Gasteiger partial charge in [-0.05, 0) is 47.3 Å². The molecule has 2 aliphatic heterocycles. The van der Waals surface area contributed by atoms with Crippen LogP contribution in [0.15, 0.2) is 41.8 Å². The Bertz CT molecular complexity index is 853. The Morgan fingerprint density at radius 3 is 2.42 bits per heavy atom. The van der Waals surface area contributed by atoms with E-state index in [9.17, 15) is 8.42 Å². The molecule has 1 aromatic heterocycles. The number of hydrogen-bond donors (Lipinski definition) is 0. The first-order valence-electron chi connectivity index (χ1n) is 9.35. The first-order chi connectivity index (χ1) is 12.5. The number of hydrogen-bond acceptors (Lipinski definition) is 3. The molecule has 2 aliphatic rings. The summed E-state index contributed by atoms with van der Waals surface area (Å²) < 4.78 is 30.7. The molecule has 26 heavy (non-hydrogen) atoms. The van der Waals surface area contributed by atoms with E-state index in [1.807, 2.05) is 30.3 Å². The molecule has 3 unspecified atom stereocenters. The lowest BCUT2D eigenvalue weighted by atomic mass is 9.94. The zero-order chi connectivity index (χ0) is 18.3. The third-order valence-corrected chi connectivity index (χ3v) is 8.43. The van der Waals surface area contributed by atoms with Crippen LogP contribution in [0.4, 0.5) is 0 Å². The predicted molar refractivity (Wildman–Crippen MR) is 106 cm³/mol. The molecular weight excluding hydrogens is 364 g/mol. The van der Waals surface area contributed by atoms with E-state index < -0.39 is 10.2 Å². The second-order valence-electron chi connectivity index (χ2n) is 7.74. The SMILES string of the molecule is CC1CC(C)CN(S(=O)(=O)N2CCc3sccc3C2c2ccccc2)C1. The minimum atomic E-state index is -3.50. The molecular formula is C20H26N2O2S2. The monoisotopic (exact) mass is 390 g/mol. The van der Waals surface area contributed by atoms with Crippen molar-refractivity contribution in [3.8, 4) is 0 Å². The van der Waals surface area contributed by atoms with Crippen molar-refractivity contribution in [1.29, 1.82) is 0 Å². The van der Waals surface area contributed by atoms with Crippen LogP contribution >= 0.6 is 11.3 Å². The van der Waals surface area contributed by atoms with Gasteiger partial charge in [0.25, 0.3) is 10.2 Å². The van der Waals surface area contributed by atoms with E-state index in [1.165, 1.54) is 4.88 Å². The summed E-state index contributed by atoms with van der Waals surface area (Å²) in [6.45, 7) is 6.11. The van der Waals surface area contributed by atoms with E-state index in [4.69, 9.17) is 0 Å². The topological polar surface area (TPSA) is 40.6 Å². The van der Waals surface area contributed by atoms with Crippen LogP contribution in [-0.4, -0.2) is 36.7 Å². The molecule has 4 nitrogen and oxygen atoms in total. The summed E-state index contributed by atoms with van der Waals surface area (Å²) in [5, 5.41) is 2.09. The van der Waals surface area contributed by atoms with E-state index in [0.717, 1.165) is 24.0 Å². The van der Waals surface area contributed by atoms with Crippen molar-refractivity contribution in [2.45, 2.75) is 32.7 Å². The van der Waals surface area contributed by atoms with Crippen molar-refractivity contribution in [3.05, 3.63) is 57.8 Å². The van der Waals surface area contributed by atoms with Gasteiger partial charge in [0.05, 0.1) is 6.04 Å². The van der Waals surface area contributed by atoms with Crippen LogP contribution in [0.25, 0.3) is 0 Å². The van der Waals surface area contributed by atoms with Crippen LogP contribution in [0.1, 0.15) is 42.3 Å². The minimum absolute atomic E-state index is 0.219. The van der Waals surface area contributed by atoms with E-state index in [2.05, 4.69) is 25.3 Å². The number of benzene rings is 1. The Balaban J connectivity index is 1.74. The van der Waals surface area contributed by atoms with Crippen LogP contribution in [0.2, 0.25) is 0 Å². The van der Waals surface area contributed by atoms with Gasteiger partial charge < -0.3 is 0 Å². The molecule has 1 saturated heterocycles. The van der Waals surface area contributed by atoms with E-state index in [0.29, 0.717) is 31.5 Å². The van der Waals surface area contributed by atoms with Crippen molar-refractivity contribution in [1.82, 2.24) is 8.61 Å². The van der Waals surface area contributed by atoms with Crippen molar-refractivity contribution in [2.75, 3.05) is 19.6 Å². The number of piperidine rings is 1. The van der Waals surface area contributed by atoms with Gasteiger partial charge in [0.15, 0.2) is 0 Å². The number of nitrogens with zero attached hydrogens (tertiary/aromatic N) is 2. The van der Waals surface area contributed by atoms with Gasteiger partial charge in [-0.15, -0.1) is 11.3 Å². The highest BCUT2D eigenvalue weighted by molar-refractivity contribution is 7.86. The Morgan fingerprint density at radius 1 is 1.04 bits per heavy atom. The summed E-state index contributed by atoms with van der Waals surface area (Å²) in [5.74, 6) is 0.815. The molecule has 1 aromatic carbocycles. The van der Waals surface area contributed by atoms with Gasteiger partial charge in [-0.25, -0.2) is 0 Å². The second-order valence-corrected chi connectivity index (χ2v) is 10.6. The molecule has 0 radical (unpaired) electrons. The minimum Gasteiger partial charge on any atom is -0.195 e. The third-order valence-electron chi connectivity index (χ3n) is 5.50. The maximum absolute atomic E-state index is 13.6. The largest absolute Gasteiger partial charge is 0.282 e. The van der Waals surface area contributed by atoms with Crippen LogP contribution in [0, 0.1) is 11.8 Å². The molecule has 0 amide bonds. The van der Waals surface area contributed by atoms with Gasteiger partial charge >= 0.3 is 0 Å². The molecule has 0 bridgehead atoms. The first kappa shape index (κ1) is 18.2. The standard InChI is InChI=1S/C20H26N2O2S2/c1-15-12-16(2)14-21(13-15)26(23,24)22-10-8-19-18(9-11-25-19)20(22)17-6-4-3-5-7-17/h3-7,9,11,15-16,20H,8,10,12-14H2,1-2H3. The average molecular weight is 391 g/mol. The summed E-state index contributed by atoms with van der Waals surface area (Å²) in [5.41, 5.74) is 2.20. The second kappa shape index (κ2) is 7.08. The van der Waals surface area contributed by atoms with Gasteiger partial charge in [0.1, 0.15) is 0 Å². The lowest BCUT2D eigenvalue weighted by Gasteiger charge is -2.41. The van der Waals surface area contributed by atoms with Crippen molar-refractivity contribution in [2.24, 2.45) is 11.8 Å². The molecule has 4 rings (SSSR count). The zero-order valence-electron chi connectivity index (χ0n) is 15.3. The van der Waals surface area contributed by atoms with Gasteiger partial charge in [-0.1, -0.05) is 44.2 Å². The average Bonchev–Trinajstić information content (AvgIpc) is 3.09. The normalized spacial score (nSPS) is 28.0. The van der Waals surface area contributed by atoms with Crippen LogP contribution in [0.5, 0.6) is 0 Å². The maximum atomic E-state index is 13.6. The van der Waals surface area contributed by atoms with Crippen molar-refractivity contribution < 1.29 is 8.42 Å². The van der Waals surface area contributed by atoms with Crippen LogP contribution < -0.4 is 0 Å². The smallest absolute Gasteiger partial charge is 0.195 e. The summed E-state index contributed by atoms with van der Waals surface area (Å²) in [6.07, 6.45) is 1.90. The Kier molecular flexibility index (Phi) is 4.94. The summed E-state index contributed by atoms with van der Waals surface area (Å²) in [4.78, 5) is 1.31. The van der Waals surface area contributed by atoms with Crippen molar-refractivity contribution >= 4 is 21.5 Å². The Morgan fingerprint density at radius 2 is 1.73 bits per heavy atom. The van der Waals surface area contributed by atoms with Crippen LogP contribution in [-0.2, 0) is 16.6 Å². The first-order valence-corrected chi connectivity index (χ1v) is 11.6. The Labute approximate surface area is 160 Å². The highest BCUT2D eigenvalue weighted by Crippen LogP contribution is 2.40. The fourth-order valence-corrected chi connectivity index (χ4v) is 7.38. The number of thiophene rings is 1. The van der Waals surface area contributed by atoms with Gasteiger partial charge in [0.2, 0.25) is 0 Å². The highest BCUT2D eigenvalue weighted by atomic mass is 32.2. The van der Waals surface area contributed by atoms with Gasteiger partial charge in [-0.3, -0.25) is 0 Å². The molecule has 3 heterocycles. The quantitative estimate of drug-likeness (QED) is 0.797. The zero-order valence-corrected chi connectivity index (χ0v) is 17.0. The van der Waals surface area contributed by atoms with E-state index >= 15 is 0 Å². The predicted octanol–water partition coefficient (Wildman–Crippen LogP) is 3.92. The molecule has 2 aromatic rings. The molecule has 0 aliphatic carbocycles. The molecule has 6 heteroatoms. The van der Waals surface area contributed by atoms with Gasteiger partial charge in [-0.2, -0.15) is 17.0 Å². The molecule has 140 valence electrons. The lowest BCUT2D eigenvalue weighted by molar-refractivity contribution is 0.202. The molecule has 0 saturated carbocycles. The van der Waals surface area contributed by atoms with Crippen LogP contribution in [0.3, 0.4) is 0 Å². The molecule has 1 fully saturated rings. The summed E-state index contributed by atoms with van der Waals surface area (Å²) in [6, 6.07) is 11.9. The van der Waals surface area contributed by atoms with E-state index in [-0.39, 0.29) is 6.04 Å². The molecule has 0 N–H and O–H groups in total. The number of rotatable bonds is 3. The van der Waals surface area contributed by atoms with E-state index in [1.54, 1.807) is 19.9 Å². The molecule has 3 atom stereocenters. The van der Waals surface area contributed by atoms with Gasteiger partial charge in [0, 0.05) is 24.5 Å². The maximum Gasteiger partial charge on any atom is 0.282 e. The summed E-state index contributed by atoms with van der Waals surface area (Å²) >= 11 is 1.74. The molecule has 0 spiro atoms. The highest BCUT2D eigenvalue weighted by Gasteiger charge is 2.41. The fraction of sp³-hybridized carbons (Fsp3) is 0.500.